The molecule has 1 rings (SSSR count). The molecule has 0 saturated carbocycles. The monoisotopic (exact) mass is 280 g/mol. The van der Waals surface area contributed by atoms with Crippen LogP contribution in [0.15, 0.2) is 30.3 Å². The first-order valence-electron chi connectivity index (χ1n) is 6.24. The Morgan fingerprint density at radius 1 is 1.20 bits per heavy atom. The number of ether oxygens (including phenoxy) is 1. The van der Waals surface area contributed by atoms with Crippen LogP contribution in [0.25, 0.3) is 0 Å². The van der Waals surface area contributed by atoms with Gasteiger partial charge in [-0.25, -0.2) is 15.6 Å². The Morgan fingerprint density at radius 3 is 2.20 bits per heavy atom. The number of amides is 2. The molecule has 1 aromatic rings. The van der Waals surface area contributed by atoms with Crippen LogP contribution >= 0.6 is 0 Å². The van der Waals surface area contributed by atoms with Gasteiger partial charge >= 0.3 is 6.09 Å². The lowest BCUT2D eigenvalue weighted by Crippen LogP contribution is -2.46. The van der Waals surface area contributed by atoms with E-state index in [0.717, 1.165) is 4.90 Å². The highest BCUT2D eigenvalue weighted by Gasteiger charge is 2.31. The van der Waals surface area contributed by atoms with Crippen LogP contribution in [0.5, 0.6) is 0 Å². The van der Waals surface area contributed by atoms with E-state index in [0.29, 0.717) is 5.69 Å². The van der Waals surface area contributed by atoms with Gasteiger partial charge in [0.05, 0.1) is 5.69 Å². The maximum Gasteiger partial charge on any atom is 0.421 e. The zero-order chi connectivity index (χ0) is 15.3. The standard InChI is InChI=1S/C14H20N2O4/c1-10(20-15)12(17)16(11-8-6-5-7-9-11)13(18)19-14(2,3)4/h5-10H,15H2,1-4H3. The fraction of sp³-hybridized carbons (Fsp3) is 0.429. The molecule has 0 aliphatic carbocycles. The van der Waals surface area contributed by atoms with E-state index < -0.39 is 23.7 Å². The van der Waals surface area contributed by atoms with Gasteiger partial charge in [-0.05, 0) is 39.8 Å². The van der Waals surface area contributed by atoms with Gasteiger partial charge in [-0.3, -0.25) is 9.63 Å². The average Bonchev–Trinajstić information content (AvgIpc) is 2.37. The summed E-state index contributed by atoms with van der Waals surface area (Å²) in [5.74, 6) is 4.43. The van der Waals surface area contributed by atoms with Crippen molar-refractivity contribution in [3.63, 3.8) is 0 Å². The highest BCUT2D eigenvalue weighted by atomic mass is 16.6. The Hall–Kier alpha value is -1.92. The summed E-state index contributed by atoms with van der Waals surface area (Å²) in [5.41, 5.74) is -0.312. The SMILES string of the molecule is CC(ON)C(=O)N(C(=O)OC(C)(C)C)c1ccccc1. The summed E-state index contributed by atoms with van der Waals surface area (Å²) < 4.78 is 5.24. The van der Waals surface area contributed by atoms with Gasteiger partial charge in [0.1, 0.15) is 5.60 Å². The van der Waals surface area contributed by atoms with Crippen LogP contribution in [0, 0.1) is 0 Å². The Kier molecular flexibility index (Phi) is 5.24. The van der Waals surface area contributed by atoms with Gasteiger partial charge in [0.25, 0.3) is 5.91 Å². The molecular formula is C14H20N2O4. The summed E-state index contributed by atoms with van der Waals surface area (Å²) in [6.45, 7) is 6.63. The van der Waals surface area contributed by atoms with Gasteiger partial charge in [-0.1, -0.05) is 18.2 Å². The number of carbonyl (C=O) groups is 2. The van der Waals surface area contributed by atoms with E-state index in [1.165, 1.54) is 6.92 Å². The fourth-order valence-corrected chi connectivity index (χ4v) is 1.45. The molecular weight excluding hydrogens is 260 g/mol. The molecule has 0 saturated heterocycles. The number of anilines is 1. The minimum atomic E-state index is -0.956. The summed E-state index contributed by atoms with van der Waals surface area (Å²) in [6, 6.07) is 8.47. The molecule has 2 N–H and O–H groups in total. The van der Waals surface area contributed by atoms with Gasteiger partial charge in [0.15, 0.2) is 6.10 Å². The molecule has 0 heterocycles. The van der Waals surface area contributed by atoms with Crippen molar-refractivity contribution in [2.45, 2.75) is 39.4 Å². The predicted octanol–water partition coefficient (Wildman–Crippen LogP) is 2.23. The van der Waals surface area contributed by atoms with E-state index >= 15 is 0 Å². The number of imide groups is 1. The van der Waals surface area contributed by atoms with Crippen LogP contribution in [0.4, 0.5) is 10.5 Å². The third-order valence-corrected chi connectivity index (χ3v) is 2.36. The lowest BCUT2D eigenvalue weighted by molar-refractivity contribution is -0.128. The van der Waals surface area contributed by atoms with Gasteiger partial charge in [-0.2, -0.15) is 0 Å². The lowest BCUT2D eigenvalue weighted by atomic mass is 10.2. The highest BCUT2D eigenvalue weighted by Crippen LogP contribution is 2.19. The Bertz CT molecular complexity index is 468. The number of nitrogens with two attached hydrogens (primary N) is 1. The Balaban J connectivity index is 3.09. The average molecular weight is 280 g/mol. The Labute approximate surface area is 118 Å². The second-order valence-electron chi connectivity index (χ2n) is 5.27. The number of benzene rings is 1. The van der Waals surface area contributed by atoms with Crippen LogP contribution < -0.4 is 10.8 Å². The van der Waals surface area contributed by atoms with Crippen molar-refractivity contribution in [2.24, 2.45) is 5.90 Å². The van der Waals surface area contributed by atoms with Crippen molar-refractivity contribution in [3.05, 3.63) is 30.3 Å². The summed E-state index contributed by atoms with van der Waals surface area (Å²) in [4.78, 5) is 29.8. The highest BCUT2D eigenvalue weighted by molar-refractivity contribution is 6.13. The van der Waals surface area contributed by atoms with E-state index in [1.54, 1.807) is 51.1 Å². The van der Waals surface area contributed by atoms with Crippen molar-refractivity contribution in [1.82, 2.24) is 0 Å². The molecule has 20 heavy (non-hydrogen) atoms. The topological polar surface area (TPSA) is 81.9 Å². The third kappa shape index (κ3) is 4.32. The third-order valence-electron chi connectivity index (χ3n) is 2.36. The molecule has 1 unspecified atom stereocenters. The zero-order valence-corrected chi connectivity index (χ0v) is 12.1. The molecule has 0 fully saturated rings. The maximum absolute atomic E-state index is 12.2. The van der Waals surface area contributed by atoms with Crippen molar-refractivity contribution < 1.29 is 19.2 Å². The van der Waals surface area contributed by atoms with Gasteiger partial charge in [0, 0.05) is 0 Å². The van der Waals surface area contributed by atoms with E-state index in [-0.39, 0.29) is 0 Å². The lowest BCUT2D eigenvalue weighted by Gasteiger charge is -2.27. The largest absolute Gasteiger partial charge is 0.443 e. The first-order chi connectivity index (χ1) is 9.26. The zero-order valence-electron chi connectivity index (χ0n) is 12.1. The van der Waals surface area contributed by atoms with Crippen LogP contribution in [-0.4, -0.2) is 23.7 Å². The molecule has 2 amide bonds. The van der Waals surface area contributed by atoms with E-state index in [9.17, 15) is 9.59 Å². The molecule has 0 aliphatic rings. The van der Waals surface area contributed by atoms with Crippen molar-refractivity contribution in [2.75, 3.05) is 4.90 Å². The first kappa shape index (κ1) is 16.1. The number of rotatable bonds is 3. The second kappa shape index (κ2) is 6.49. The quantitative estimate of drug-likeness (QED) is 0.859. The minimum Gasteiger partial charge on any atom is -0.443 e. The van der Waals surface area contributed by atoms with E-state index in [4.69, 9.17) is 10.6 Å². The number of para-hydroxylation sites is 1. The molecule has 0 bridgehead atoms. The number of hydrogen-bond donors (Lipinski definition) is 1. The van der Waals surface area contributed by atoms with E-state index in [1.807, 2.05) is 0 Å². The number of carbonyl (C=O) groups excluding carboxylic acids is 2. The van der Waals surface area contributed by atoms with Gasteiger partial charge in [0.2, 0.25) is 0 Å². The molecule has 0 aromatic heterocycles. The molecule has 1 aromatic carbocycles. The minimum absolute atomic E-state index is 0.399. The molecule has 6 nitrogen and oxygen atoms in total. The van der Waals surface area contributed by atoms with Crippen molar-refractivity contribution >= 4 is 17.7 Å². The van der Waals surface area contributed by atoms with Crippen LogP contribution in [0.2, 0.25) is 0 Å². The number of hydrogen-bond acceptors (Lipinski definition) is 5. The smallest absolute Gasteiger partial charge is 0.421 e. The van der Waals surface area contributed by atoms with Gasteiger partial charge < -0.3 is 4.74 Å². The molecule has 0 aliphatic heterocycles. The summed E-state index contributed by atoms with van der Waals surface area (Å²) >= 11 is 0. The molecule has 1 atom stereocenters. The second-order valence-corrected chi connectivity index (χ2v) is 5.27. The van der Waals surface area contributed by atoms with Crippen molar-refractivity contribution in [1.29, 1.82) is 0 Å². The van der Waals surface area contributed by atoms with Gasteiger partial charge in [-0.15, -0.1) is 0 Å². The van der Waals surface area contributed by atoms with E-state index in [2.05, 4.69) is 4.84 Å². The maximum atomic E-state index is 12.2. The first-order valence-corrected chi connectivity index (χ1v) is 6.24. The van der Waals surface area contributed by atoms with Crippen molar-refractivity contribution in [3.8, 4) is 0 Å². The summed E-state index contributed by atoms with van der Waals surface area (Å²) in [7, 11) is 0. The molecule has 0 radical (unpaired) electrons. The van der Waals surface area contributed by atoms with Crippen LogP contribution in [-0.2, 0) is 14.4 Å². The predicted molar refractivity (Wildman–Crippen MR) is 74.9 cm³/mol. The number of nitrogens with zero attached hydrogens (tertiary/aromatic N) is 1. The normalized spacial score (nSPS) is 12.7. The molecule has 110 valence electrons. The molecule has 0 spiro atoms. The van der Waals surface area contributed by atoms with Crippen LogP contribution in [0.3, 0.4) is 0 Å². The fourth-order valence-electron chi connectivity index (χ4n) is 1.45. The summed E-state index contributed by atoms with van der Waals surface area (Å²) in [6.07, 6.45) is -1.72. The van der Waals surface area contributed by atoms with Crippen LogP contribution in [0.1, 0.15) is 27.7 Å². The Morgan fingerprint density at radius 2 is 1.75 bits per heavy atom. The molecule has 6 heteroatoms. The summed E-state index contributed by atoms with van der Waals surface area (Å²) in [5, 5.41) is 0.